The molecule has 7 heteroatoms. The highest BCUT2D eigenvalue weighted by Gasteiger charge is 2.87. The Morgan fingerprint density at radius 3 is 2.65 bits per heavy atom. The van der Waals surface area contributed by atoms with E-state index in [1.165, 1.54) is 6.08 Å². The Kier molecular flexibility index (Phi) is 4.32. The molecule has 0 aromatic rings. The van der Waals surface area contributed by atoms with Crippen LogP contribution in [-0.4, -0.2) is 57.8 Å². The van der Waals surface area contributed by atoms with E-state index in [4.69, 9.17) is 9.47 Å². The maximum absolute atomic E-state index is 13.8. The van der Waals surface area contributed by atoms with Crippen molar-refractivity contribution in [3.8, 4) is 0 Å². The molecule has 4 saturated carbocycles. The van der Waals surface area contributed by atoms with Crippen molar-refractivity contribution in [2.75, 3.05) is 6.61 Å². The molecule has 0 aromatic carbocycles. The number of carbonyl (C=O) groups is 2. The lowest BCUT2D eigenvalue weighted by Crippen LogP contribution is -2.85. The molecule has 170 valence electrons. The van der Waals surface area contributed by atoms with Crippen molar-refractivity contribution < 1.29 is 34.4 Å². The lowest BCUT2D eigenvalue weighted by molar-refractivity contribution is -0.458. The lowest BCUT2D eigenvalue weighted by atomic mass is 9.35. The first-order chi connectivity index (χ1) is 14.5. The molecule has 9 atom stereocenters. The number of rotatable bonds is 2. The second-order valence-corrected chi connectivity index (χ2v) is 10.9. The summed E-state index contributed by atoms with van der Waals surface area (Å²) in [5.41, 5.74) is -2.66. The third-order valence-electron chi connectivity index (χ3n) is 9.39. The Morgan fingerprint density at radius 1 is 1.26 bits per heavy atom. The van der Waals surface area contributed by atoms with Crippen LogP contribution in [-0.2, 0) is 19.1 Å². The number of hydrogen-bond acceptors (Lipinski definition) is 7. The second-order valence-electron chi connectivity index (χ2n) is 10.9. The average molecular weight is 433 g/mol. The minimum Gasteiger partial charge on any atom is -0.457 e. The largest absolute Gasteiger partial charge is 0.457 e. The number of ketones is 1. The molecule has 0 radical (unpaired) electrons. The van der Waals surface area contributed by atoms with Crippen LogP contribution in [0.4, 0.5) is 0 Å². The molecule has 7 nitrogen and oxygen atoms in total. The van der Waals surface area contributed by atoms with Crippen LogP contribution in [0.25, 0.3) is 0 Å². The number of Topliss-reactive ketones (excluding diaryl/α,β-unsaturated/α-hetero) is 1. The van der Waals surface area contributed by atoms with Crippen molar-refractivity contribution in [3.63, 3.8) is 0 Å². The first kappa shape index (κ1) is 21.3. The van der Waals surface area contributed by atoms with E-state index in [0.717, 1.165) is 0 Å². The predicted molar refractivity (Wildman–Crippen MR) is 109 cm³/mol. The predicted octanol–water partition coefficient (Wildman–Crippen LogP) is 1.50. The fraction of sp³-hybridized carbons (Fsp3) is 0.750. The van der Waals surface area contributed by atoms with E-state index in [-0.39, 0.29) is 12.0 Å². The van der Waals surface area contributed by atoms with Gasteiger partial charge in [0.15, 0.2) is 5.78 Å². The highest BCUT2D eigenvalue weighted by Crippen LogP contribution is 2.76. The van der Waals surface area contributed by atoms with Crippen LogP contribution in [0.5, 0.6) is 0 Å². The second kappa shape index (κ2) is 6.28. The number of carbonyl (C=O) groups excluding carboxylic acids is 2. The summed E-state index contributed by atoms with van der Waals surface area (Å²) in [7, 11) is 0. The molecule has 4 bridgehead atoms. The van der Waals surface area contributed by atoms with E-state index < -0.39 is 64.4 Å². The molecule has 2 aliphatic heterocycles. The van der Waals surface area contributed by atoms with Crippen LogP contribution >= 0.6 is 0 Å². The Hall–Kier alpha value is -1.54. The van der Waals surface area contributed by atoms with Crippen molar-refractivity contribution in [1.29, 1.82) is 0 Å². The van der Waals surface area contributed by atoms with Gasteiger partial charge in [0.1, 0.15) is 17.6 Å². The summed E-state index contributed by atoms with van der Waals surface area (Å²) in [6.07, 6.45) is 1.97. The zero-order valence-electron chi connectivity index (χ0n) is 18.3. The smallest absolute Gasteiger partial charge is 0.330 e. The monoisotopic (exact) mass is 432 g/mol. The van der Waals surface area contributed by atoms with Crippen LogP contribution in [0.3, 0.4) is 0 Å². The zero-order valence-corrected chi connectivity index (χ0v) is 18.3. The molecular formula is C24H32O7. The fourth-order valence-corrected chi connectivity index (χ4v) is 8.34. The molecule has 3 N–H and O–H groups in total. The highest BCUT2D eigenvalue weighted by molar-refractivity contribution is 6.05. The van der Waals surface area contributed by atoms with E-state index in [1.807, 2.05) is 13.8 Å². The molecule has 2 spiro atoms. The van der Waals surface area contributed by atoms with Crippen LogP contribution in [0.2, 0.25) is 0 Å². The number of aliphatic hydroxyl groups excluding tert-OH is 2. The molecule has 4 aliphatic carbocycles. The summed E-state index contributed by atoms with van der Waals surface area (Å²) in [4.78, 5) is 26.3. The van der Waals surface area contributed by atoms with Gasteiger partial charge in [0, 0.05) is 23.3 Å². The molecule has 0 aromatic heterocycles. The molecule has 9 unspecified atom stereocenters. The van der Waals surface area contributed by atoms with Gasteiger partial charge in [0.25, 0.3) is 0 Å². The quantitative estimate of drug-likeness (QED) is 0.448. The first-order valence-electron chi connectivity index (χ1n) is 11.3. The summed E-state index contributed by atoms with van der Waals surface area (Å²) >= 11 is 0. The third-order valence-corrected chi connectivity index (χ3v) is 9.39. The minimum absolute atomic E-state index is 0.0577. The molecular weight excluding hydrogens is 400 g/mol. The van der Waals surface area contributed by atoms with E-state index in [1.54, 1.807) is 13.0 Å². The highest BCUT2D eigenvalue weighted by atomic mass is 16.6. The molecule has 31 heavy (non-hydrogen) atoms. The van der Waals surface area contributed by atoms with Gasteiger partial charge in [-0.25, -0.2) is 4.79 Å². The number of ether oxygens (including phenoxy) is 2. The number of allylic oxidation sites excluding steroid dienone is 1. The summed E-state index contributed by atoms with van der Waals surface area (Å²) in [5, 5.41) is 34.9. The van der Waals surface area contributed by atoms with E-state index >= 15 is 0 Å². The third kappa shape index (κ3) is 2.14. The molecule has 2 heterocycles. The van der Waals surface area contributed by atoms with Crippen molar-refractivity contribution in [2.45, 2.75) is 70.6 Å². The Morgan fingerprint density at radius 2 is 1.97 bits per heavy atom. The SMILES string of the molecule is C=C1C(=O)C23C(OC(=O)/C=C/C)C1CCC2C12COC3(O)C(O)C1C(C)(C)CCC2O. The number of aliphatic hydroxyl groups is 3. The van der Waals surface area contributed by atoms with Crippen molar-refractivity contribution in [3.05, 3.63) is 24.3 Å². The Bertz CT molecular complexity index is 892. The van der Waals surface area contributed by atoms with Gasteiger partial charge in [-0.3, -0.25) is 4.79 Å². The van der Waals surface area contributed by atoms with Crippen molar-refractivity contribution in [2.24, 2.45) is 34.0 Å². The number of hydrogen-bond donors (Lipinski definition) is 3. The summed E-state index contributed by atoms with van der Waals surface area (Å²) in [5.74, 6) is -4.63. The van der Waals surface area contributed by atoms with Gasteiger partial charge in [-0.15, -0.1) is 0 Å². The Balaban J connectivity index is 1.75. The minimum atomic E-state index is -2.21. The average Bonchev–Trinajstić information content (AvgIpc) is 2.82. The van der Waals surface area contributed by atoms with E-state index in [2.05, 4.69) is 6.58 Å². The van der Waals surface area contributed by atoms with Gasteiger partial charge >= 0.3 is 5.97 Å². The van der Waals surface area contributed by atoms with Crippen LogP contribution in [0, 0.1) is 34.0 Å². The molecule has 6 fully saturated rings. The molecule has 6 aliphatic rings. The normalized spacial score (nSPS) is 52.2. The van der Waals surface area contributed by atoms with Gasteiger partial charge < -0.3 is 24.8 Å². The van der Waals surface area contributed by atoms with Gasteiger partial charge in [-0.05, 0) is 49.5 Å². The summed E-state index contributed by atoms with van der Waals surface area (Å²) < 4.78 is 11.8. The molecule has 6 rings (SSSR count). The van der Waals surface area contributed by atoms with Crippen LogP contribution < -0.4 is 0 Å². The van der Waals surface area contributed by atoms with Gasteiger partial charge in [-0.2, -0.15) is 0 Å². The van der Waals surface area contributed by atoms with Gasteiger partial charge in [0.2, 0.25) is 5.79 Å². The number of fused-ring (bicyclic) bond motifs is 2. The topological polar surface area (TPSA) is 113 Å². The van der Waals surface area contributed by atoms with Crippen LogP contribution in [0.15, 0.2) is 24.3 Å². The van der Waals surface area contributed by atoms with Crippen molar-refractivity contribution >= 4 is 11.8 Å². The van der Waals surface area contributed by atoms with Gasteiger partial charge in [0.05, 0.1) is 12.7 Å². The Labute approximate surface area is 182 Å². The first-order valence-corrected chi connectivity index (χ1v) is 11.3. The lowest BCUT2D eigenvalue weighted by Gasteiger charge is -2.74. The molecule has 0 amide bonds. The maximum atomic E-state index is 13.8. The van der Waals surface area contributed by atoms with E-state index in [0.29, 0.717) is 31.3 Å². The van der Waals surface area contributed by atoms with Gasteiger partial charge in [-0.1, -0.05) is 26.5 Å². The standard InChI is InChI=1S/C24H32O7/c1-5-6-16(26)31-20-13-7-8-14-22-11-30-24(29,23(14,20)18(27)12(13)2)19(28)17(22)21(3,4)10-9-15(22)25/h5-6,13-15,17,19-20,25,28-29H,2,7-11H2,1,3-4H3/b6-5+. The summed E-state index contributed by atoms with van der Waals surface area (Å²) in [6.45, 7) is 9.81. The maximum Gasteiger partial charge on any atom is 0.330 e. The summed E-state index contributed by atoms with van der Waals surface area (Å²) in [6, 6.07) is 0. The van der Waals surface area contributed by atoms with Crippen molar-refractivity contribution in [1.82, 2.24) is 0 Å². The molecule has 2 saturated heterocycles. The number of esters is 1. The van der Waals surface area contributed by atoms with Crippen LogP contribution in [0.1, 0.15) is 46.5 Å². The fourth-order valence-electron chi connectivity index (χ4n) is 8.34. The zero-order chi connectivity index (χ0) is 22.6. The van der Waals surface area contributed by atoms with E-state index in [9.17, 15) is 24.9 Å².